The van der Waals surface area contributed by atoms with Crippen molar-refractivity contribution in [3.63, 3.8) is 0 Å². The zero-order valence-corrected chi connectivity index (χ0v) is 17.2. The number of fused-ring (bicyclic) bond motifs is 1. The van der Waals surface area contributed by atoms with Crippen molar-refractivity contribution in [1.29, 1.82) is 0 Å². The van der Waals surface area contributed by atoms with Gasteiger partial charge in [-0.15, -0.1) is 0 Å². The van der Waals surface area contributed by atoms with Crippen molar-refractivity contribution in [2.24, 2.45) is 0 Å². The molecule has 1 aliphatic rings. The predicted molar refractivity (Wildman–Crippen MR) is 111 cm³/mol. The second-order valence-corrected chi connectivity index (χ2v) is 7.73. The Morgan fingerprint density at radius 2 is 1.93 bits per heavy atom. The molecule has 2 aromatic rings. The van der Waals surface area contributed by atoms with E-state index in [2.05, 4.69) is 26.6 Å². The molecule has 3 rings (SSSR count). The topological polar surface area (TPSA) is 50.4 Å². The summed E-state index contributed by atoms with van der Waals surface area (Å²) in [5, 5.41) is 5.47. The van der Waals surface area contributed by atoms with E-state index in [9.17, 15) is 18.0 Å². The zero-order valence-electron chi connectivity index (χ0n) is 15.6. The first-order chi connectivity index (χ1) is 13.7. The molecule has 0 saturated carbocycles. The molecule has 0 fully saturated rings. The van der Waals surface area contributed by atoms with E-state index in [1.807, 2.05) is 19.1 Å². The van der Waals surface area contributed by atoms with Crippen LogP contribution in [0.3, 0.4) is 0 Å². The first-order valence-electron chi connectivity index (χ1n) is 9.05. The molecule has 0 radical (unpaired) electrons. The smallest absolute Gasteiger partial charge is 0.389 e. The molecule has 2 N–H and O–H groups in total. The highest BCUT2D eigenvalue weighted by Gasteiger charge is 2.30. The number of aryl methyl sites for hydroxylation is 1. The lowest BCUT2D eigenvalue weighted by Gasteiger charge is -2.20. The Morgan fingerprint density at radius 3 is 2.62 bits per heavy atom. The van der Waals surface area contributed by atoms with Crippen LogP contribution in [0.4, 0.5) is 29.3 Å². The Balaban J connectivity index is 1.82. The number of amides is 2. The summed E-state index contributed by atoms with van der Waals surface area (Å²) in [4.78, 5) is 12.4. The number of allylic oxidation sites excluding steroid dienone is 1. The van der Waals surface area contributed by atoms with E-state index in [0.29, 0.717) is 27.2 Å². The van der Waals surface area contributed by atoms with Crippen LogP contribution in [-0.4, -0.2) is 18.8 Å². The van der Waals surface area contributed by atoms with Crippen LogP contribution in [0.25, 0.3) is 0 Å². The van der Waals surface area contributed by atoms with Crippen LogP contribution in [0.1, 0.15) is 29.9 Å². The minimum absolute atomic E-state index is 0.0954. The SMILES string of the molecule is Cc1ccc(NC(=O)Nc2cc(Br)cc3c2OCC=C[C@@H]3CCC(F)(F)F)cc1. The first-order valence-corrected chi connectivity index (χ1v) is 9.85. The monoisotopic (exact) mass is 468 g/mol. The molecule has 0 bridgehead atoms. The Labute approximate surface area is 175 Å². The molecule has 154 valence electrons. The van der Waals surface area contributed by atoms with Crippen molar-refractivity contribution in [2.75, 3.05) is 17.2 Å². The summed E-state index contributed by atoms with van der Waals surface area (Å²) in [6.07, 6.45) is -1.81. The number of rotatable bonds is 4. The van der Waals surface area contributed by atoms with Gasteiger partial charge >= 0.3 is 12.2 Å². The Kier molecular flexibility index (Phi) is 6.52. The van der Waals surface area contributed by atoms with Gasteiger partial charge in [0, 0.05) is 28.1 Å². The van der Waals surface area contributed by atoms with Crippen molar-refractivity contribution >= 4 is 33.3 Å². The third-order valence-corrected chi connectivity index (χ3v) is 4.93. The normalized spacial score (nSPS) is 15.8. The van der Waals surface area contributed by atoms with Crippen molar-refractivity contribution in [3.05, 3.63) is 64.1 Å². The molecule has 0 saturated heterocycles. The third kappa shape index (κ3) is 6.00. The number of hydrogen-bond acceptors (Lipinski definition) is 2. The lowest BCUT2D eigenvalue weighted by molar-refractivity contribution is -0.135. The zero-order chi connectivity index (χ0) is 21.0. The molecule has 0 spiro atoms. The van der Waals surface area contributed by atoms with Gasteiger partial charge in [-0.2, -0.15) is 13.2 Å². The van der Waals surface area contributed by atoms with Crippen molar-refractivity contribution < 1.29 is 22.7 Å². The summed E-state index contributed by atoms with van der Waals surface area (Å²) in [6.45, 7) is 2.16. The molecule has 4 nitrogen and oxygen atoms in total. The average Bonchev–Trinajstić information content (AvgIpc) is 2.83. The molecule has 0 aliphatic carbocycles. The van der Waals surface area contributed by atoms with Gasteiger partial charge < -0.3 is 15.4 Å². The van der Waals surface area contributed by atoms with E-state index in [1.54, 1.807) is 36.4 Å². The number of nitrogens with one attached hydrogen (secondary N) is 2. The third-order valence-electron chi connectivity index (χ3n) is 4.47. The van der Waals surface area contributed by atoms with Crippen LogP contribution in [0.5, 0.6) is 5.75 Å². The van der Waals surface area contributed by atoms with Gasteiger partial charge in [-0.3, -0.25) is 0 Å². The molecule has 0 aromatic heterocycles. The van der Waals surface area contributed by atoms with Crippen LogP contribution >= 0.6 is 15.9 Å². The van der Waals surface area contributed by atoms with Gasteiger partial charge in [0.2, 0.25) is 0 Å². The molecule has 2 amide bonds. The maximum Gasteiger partial charge on any atom is 0.389 e. The largest absolute Gasteiger partial charge is 0.487 e. The molecule has 29 heavy (non-hydrogen) atoms. The van der Waals surface area contributed by atoms with Crippen LogP contribution in [0, 0.1) is 6.92 Å². The molecule has 1 atom stereocenters. The second-order valence-electron chi connectivity index (χ2n) is 6.82. The summed E-state index contributed by atoms with van der Waals surface area (Å²) in [7, 11) is 0. The molecule has 1 heterocycles. The van der Waals surface area contributed by atoms with E-state index in [0.717, 1.165) is 5.56 Å². The molecular weight excluding hydrogens is 449 g/mol. The number of carbonyl (C=O) groups excluding carboxylic acids is 1. The van der Waals surface area contributed by atoms with Crippen molar-refractivity contribution in [2.45, 2.75) is 31.9 Å². The quantitative estimate of drug-likeness (QED) is 0.486. The number of anilines is 2. The number of carbonyl (C=O) groups is 1. The standard InChI is InChI=1S/C21H20BrF3N2O2/c1-13-4-6-16(7-5-13)26-20(28)27-18-12-15(22)11-17-14(8-9-21(23,24)25)3-2-10-29-19(17)18/h2-7,11-12,14H,8-10H2,1H3,(H2,26,27,28)/t14-/m1/s1. The predicted octanol–water partition coefficient (Wildman–Crippen LogP) is 6.78. The summed E-state index contributed by atoms with van der Waals surface area (Å²) in [5.74, 6) is -0.0863. The van der Waals surface area contributed by atoms with Gasteiger partial charge in [-0.05, 0) is 37.6 Å². The number of ether oxygens (including phenoxy) is 1. The lowest BCUT2D eigenvalue weighted by atomic mass is 9.92. The highest BCUT2D eigenvalue weighted by atomic mass is 79.9. The van der Waals surface area contributed by atoms with Gasteiger partial charge in [-0.25, -0.2) is 4.79 Å². The fourth-order valence-electron chi connectivity index (χ4n) is 3.09. The number of urea groups is 1. The summed E-state index contributed by atoms with van der Waals surface area (Å²) in [5.41, 5.74) is 2.68. The maximum absolute atomic E-state index is 12.7. The molecule has 1 aliphatic heterocycles. The van der Waals surface area contributed by atoms with Crippen LogP contribution < -0.4 is 15.4 Å². The minimum Gasteiger partial charge on any atom is -0.487 e. The van der Waals surface area contributed by atoms with E-state index in [4.69, 9.17) is 4.74 Å². The average molecular weight is 469 g/mol. The Morgan fingerprint density at radius 1 is 1.21 bits per heavy atom. The number of benzene rings is 2. The fourth-order valence-corrected chi connectivity index (χ4v) is 3.57. The van der Waals surface area contributed by atoms with Gasteiger partial charge in [0.15, 0.2) is 0 Å². The molecule has 8 heteroatoms. The van der Waals surface area contributed by atoms with E-state index in [1.165, 1.54) is 0 Å². The van der Waals surface area contributed by atoms with Gasteiger partial charge in [0.1, 0.15) is 12.4 Å². The van der Waals surface area contributed by atoms with Gasteiger partial charge in [0.25, 0.3) is 0 Å². The lowest BCUT2D eigenvalue weighted by Crippen LogP contribution is -2.20. The van der Waals surface area contributed by atoms with Crippen LogP contribution in [-0.2, 0) is 0 Å². The number of halogens is 4. The van der Waals surface area contributed by atoms with Gasteiger partial charge in [-0.1, -0.05) is 45.8 Å². The fraction of sp³-hybridized carbons (Fsp3) is 0.286. The summed E-state index contributed by atoms with van der Waals surface area (Å²) >= 11 is 3.38. The Bertz CT molecular complexity index is 911. The second kappa shape index (κ2) is 8.90. The van der Waals surface area contributed by atoms with Crippen LogP contribution in [0.2, 0.25) is 0 Å². The first kappa shape index (κ1) is 21.2. The molecular formula is C21H20BrF3N2O2. The Hall–Kier alpha value is -2.48. The summed E-state index contributed by atoms with van der Waals surface area (Å²) < 4.78 is 44.5. The van der Waals surface area contributed by atoms with Crippen molar-refractivity contribution in [1.82, 2.24) is 0 Å². The van der Waals surface area contributed by atoms with Gasteiger partial charge in [0.05, 0.1) is 5.69 Å². The van der Waals surface area contributed by atoms with E-state index < -0.39 is 24.5 Å². The number of hydrogen-bond donors (Lipinski definition) is 2. The van der Waals surface area contributed by atoms with Crippen molar-refractivity contribution in [3.8, 4) is 5.75 Å². The highest BCUT2D eigenvalue weighted by molar-refractivity contribution is 9.10. The number of alkyl halides is 3. The minimum atomic E-state index is -4.23. The van der Waals surface area contributed by atoms with E-state index in [-0.39, 0.29) is 13.0 Å². The van der Waals surface area contributed by atoms with E-state index >= 15 is 0 Å². The van der Waals surface area contributed by atoms with Crippen LogP contribution in [0.15, 0.2) is 53.0 Å². The molecule has 2 aromatic carbocycles. The summed E-state index contributed by atoms with van der Waals surface area (Å²) in [6, 6.07) is 10.2. The molecule has 0 unspecified atom stereocenters. The highest BCUT2D eigenvalue weighted by Crippen LogP contribution is 2.42. The maximum atomic E-state index is 12.7.